The lowest BCUT2D eigenvalue weighted by molar-refractivity contribution is -0.122. The Labute approximate surface area is 136 Å². The number of imide groups is 2. The molecule has 2 heterocycles. The SMILES string of the molecule is Cc1ccc(C=C2C(=O)NC(=O)N(c3cccc(Cl)c3)C2=O)o1. The van der Waals surface area contributed by atoms with Gasteiger partial charge in [-0.15, -0.1) is 0 Å². The van der Waals surface area contributed by atoms with Gasteiger partial charge in [0.05, 0.1) is 5.69 Å². The van der Waals surface area contributed by atoms with Gasteiger partial charge in [0.1, 0.15) is 17.1 Å². The van der Waals surface area contributed by atoms with Crippen molar-refractivity contribution in [3.05, 3.63) is 58.5 Å². The summed E-state index contributed by atoms with van der Waals surface area (Å²) in [5, 5.41) is 2.50. The lowest BCUT2D eigenvalue weighted by Crippen LogP contribution is -2.54. The zero-order valence-corrected chi connectivity index (χ0v) is 12.8. The van der Waals surface area contributed by atoms with Crippen LogP contribution in [0.25, 0.3) is 6.08 Å². The van der Waals surface area contributed by atoms with Gasteiger partial charge in [-0.2, -0.15) is 0 Å². The van der Waals surface area contributed by atoms with E-state index in [0.29, 0.717) is 16.5 Å². The summed E-state index contributed by atoms with van der Waals surface area (Å²) in [4.78, 5) is 37.4. The number of hydrogen-bond acceptors (Lipinski definition) is 4. The lowest BCUT2D eigenvalue weighted by Gasteiger charge is -2.26. The molecule has 1 fully saturated rings. The molecule has 0 bridgehead atoms. The van der Waals surface area contributed by atoms with E-state index in [2.05, 4.69) is 5.32 Å². The molecule has 0 atom stereocenters. The summed E-state index contributed by atoms with van der Waals surface area (Å²) in [5.74, 6) is -0.521. The molecule has 116 valence electrons. The average Bonchev–Trinajstić information content (AvgIpc) is 2.89. The van der Waals surface area contributed by atoms with Crippen LogP contribution < -0.4 is 10.2 Å². The van der Waals surface area contributed by atoms with E-state index in [4.69, 9.17) is 16.0 Å². The van der Waals surface area contributed by atoms with E-state index < -0.39 is 17.8 Å². The fraction of sp³-hybridized carbons (Fsp3) is 0.0625. The monoisotopic (exact) mass is 330 g/mol. The fourth-order valence-electron chi connectivity index (χ4n) is 2.18. The zero-order valence-electron chi connectivity index (χ0n) is 12.0. The van der Waals surface area contributed by atoms with Crippen molar-refractivity contribution in [3.63, 3.8) is 0 Å². The highest BCUT2D eigenvalue weighted by molar-refractivity contribution is 6.39. The van der Waals surface area contributed by atoms with Gasteiger partial charge in [0.25, 0.3) is 11.8 Å². The number of nitrogens with zero attached hydrogens (tertiary/aromatic N) is 1. The van der Waals surface area contributed by atoms with Crippen molar-refractivity contribution in [2.75, 3.05) is 4.90 Å². The summed E-state index contributed by atoms with van der Waals surface area (Å²) in [6, 6.07) is 8.74. The minimum Gasteiger partial charge on any atom is -0.462 e. The van der Waals surface area contributed by atoms with E-state index in [9.17, 15) is 14.4 Å². The molecule has 2 aromatic rings. The summed E-state index contributed by atoms with van der Waals surface area (Å²) >= 11 is 5.89. The van der Waals surface area contributed by atoms with Gasteiger partial charge in [-0.05, 0) is 43.3 Å². The number of anilines is 1. The molecule has 1 aliphatic rings. The number of nitrogens with one attached hydrogen (secondary N) is 1. The third kappa shape index (κ3) is 2.89. The highest BCUT2D eigenvalue weighted by atomic mass is 35.5. The van der Waals surface area contributed by atoms with E-state index in [-0.39, 0.29) is 11.3 Å². The Bertz CT molecular complexity index is 853. The van der Waals surface area contributed by atoms with E-state index in [0.717, 1.165) is 4.90 Å². The summed E-state index contributed by atoms with van der Waals surface area (Å²) in [7, 11) is 0. The number of amides is 4. The molecule has 7 heteroatoms. The molecular formula is C16H11ClN2O4. The Balaban J connectivity index is 2.02. The van der Waals surface area contributed by atoms with E-state index >= 15 is 0 Å². The van der Waals surface area contributed by atoms with Crippen LogP contribution in [0.15, 0.2) is 46.4 Å². The third-order valence-corrected chi connectivity index (χ3v) is 3.45. The first-order valence-corrected chi connectivity index (χ1v) is 7.07. The van der Waals surface area contributed by atoms with E-state index in [1.54, 1.807) is 37.3 Å². The van der Waals surface area contributed by atoms with Gasteiger partial charge < -0.3 is 4.42 Å². The van der Waals surface area contributed by atoms with E-state index in [1.807, 2.05) is 0 Å². The third-order valence-electron chi connectivity index (χ3n) is 3.22. The maximum absolute atomic E-state index is 12.6. The van der Waals surface area contributed by atoms with Crippen molar-refractivity contribution in [3.8, 4) is 0 Å². The van der Waals surface area contributed by atoms with Crippen LogP contribution >= 0.6 is 11.6 Å². The first-order chi connectivity index (χ1) is 11.0. The second-order valence-corrected chi connectivity index (χ2v) is 5.32. The standard InChI is InChI=1S/C16H11ClN2O4/c1-9-5-6-12(23-9)8-13-14(20)18-16(22)19(15(13)21)11-4-2-3-10(17)7-11/h2-8H,1H3,(H,18,20,22). The van der Waals surface area contributed by atoms with Gasteiger partial charge in [0, 0.05) is 5.02 Å². The minimum absolute atomic E-state index is 0.195. The van der Waals surface area contributed by atoms with Gasteiger partial charge in [-0.1, -0.05) is 17.7 Å². The quantitative estimate of drug-likeness (QED) is 0.678. The number of carbonyl (C=O) groups is 3. The maximum atomic E-state index is 12.6. The van der Waals surface area contributed by atoms with Gasteiger partial charge in [0.15, 0.2) is 0 Å². The van der Waals surface area contributed by atoms with Crippen LogP contribution in [0.4, 0.5) is 10.5 Å². The van der Waals surface area contributed by atoms with Gasteiger partial charge in [0.2, 0.25) is 0 Å². The van der Waals surface area contributed by atoms with Crippen molar-refractivity contribution >= 4 is 41.2 Å². The molecule has 0 radical (unpaired) electrons. The number of aryl methyl sites for hydroxylation is 1. The molecule has 1 saturated heterocycles. The number of furan rings is 1. The molecule has 0 unspecified atom stereocenters. The molecule has 23 heavy (non-hydrogen) atoms. The summed E-state index contributed by atoms with van der Waals surface area (Å²) in [5.41, 5.74) is 0.0768. The Morgan fingerprint density at radius 3 is 2.61 bits per heavy atom. The molecular weight excluding hydrogens is 320 g/mol. The largest absolute Gasteiger partial charge is 0.462 e. The highest BCUT2D eigenvalue weighted by Crippen LogP contribution is 2.24. The van der Waals surface area contributed by atoms with Crippen molar-refractivity contribution in [1.82, 2.24) is 5.32 Å². The molecule has 1 aromatic carbocycles. The molecule has 4 amide bonds. The smallest absolute Gasteiger partial charge is 0.335 e. The van der Waals surface area contributed by atoms with Crippen molar-refractivity contribution in [1.29, 1.82) is 0 Å². The highest BCUT2D eigenvalue weighted by Gasteiger charge is 2.37. The fourth-order valence-corrected chi connectivity index (χ4v) is 2.36. The molecule has 0 spiro atoms. The van der Waals surface area contributed by atoms with Crippen LogP contribution in [0, 0.1) is 6.92 Å². The lowest BCUT2D eigenvalue weighted by atomic mass is 10.1. The molecule has 3 rings (SSSR count). The van der Waals surface area contributed by atoms with Crippen LogP contribution in [0.2, 0.25) is 5.02 Å². The van der Waals surface area contributed by atoms with Crippen LogP contribution in [-0.2, 0) is 9.59 Å². The maximum Gasteiger partial charge on any atom is 0.335 e. The topological polar surface area (TPSA) is 79.6 Å². The summed E-state index contributed by atoms with van der Waals surface area (Å²) in [6.45, 7) is 1.74. The second-order valence-electron chi connectivity index (χ2n) is 4.89. The number of halogens is 1. The minimum atomic E-state index is -0.824. The normalized spacial score (nSPS) is 16.9. The van der Waals surface area contributed by atoms with Gasteiger partial charge >= 0.3 is 6.03 Å². The number of urea groups is 1. The number of rotatable bonds is 2. The first kappa shape index (κ1) is 15.1. The van der Waals surface area contributed by atoms with E-state index in [1.165, 1.54) is 12.1 Å². The van der Waals surface area contributed by atoms with Crippen LogP contribution in [-0.4, -0.2) is 17.8 Å². The number of benzene rings is 1. The molecule has 0 saturated carbocycles. The Morgan fingerprint density at radius 2 is 1.96 bits per heavy atom. The molecule has 1 aromatic heterocycles. The van der Waals surface area contributed by atoms with Gasteiger partial charge in [-0.3, -0.25) is 14.9 Å². The summed E-state index contributed by atoms with van der Waals surface area (Å²) in [6.07, 6.45) is 1.30. The predicted octanol–water partition coefficient (Wildman–Crippen LogP) is 2.91. The molecule has 0 aliphatic carbocycles. The van der Waals surface area contributed by atoms with Crippen molar-refractivity contribution < 1.29 is 18.8 Å². The van der Waals surface area contributed by atoms with Crippen molar-refractivity contribution in [2.24, 2.45) is 0 Å². The van der Waals surface area contributed by atoms with Gasteiger partial charge in [-0.25, -0.2) is 9.69 Å². The van der Waals surface area contributed by atoms with Crippen LogP contribution in [0.3, 0.4) is 0 Å². The average molecular weight is 331 g/mol. The molecule has 6 nitrogen and oxygen atoms in total. The Morgan fingerprint density at radius 1 is 1.17 bits per heavy atom. The Kier molecular flexibility index (Phi) is 3.75. The first-order valence-electron chi connectivity index (χ1n) is 6.69. The predicted molar refractivity (Wildman–Crippen MR) is 83.9 cm³/mol. The summed E-state index contributed by atoms with van der Waals surface area (Å²) < 4.78 is 5.34. The number of carbonyl (C=O) groups excluding carboxylic acids is 3. The number of hydrogen-bond donors (Lipinski definition) is 1. The molecule has 1 aliphatic heterocycles. The van der Waals surface area contributed by atoms with Crippen molar-refractivity contribution in [2.45, 2.75) is 6.92 Å². The Hall–Kier alpha value is -2.86. The second kappa shape index (κ2) is 5.73. The number of barbiturate groups is 1. The zero-order chi connectivity index (χ0) is 16.6. The van der Waals surface area contributed by atoms with Crippen LogP contribution in [0.5, 0.6) is 0 Å². The van der Waals surface area contributed by atoms with Crippen LogP contribution in [0.1, 0.15) is 11.5 Å². The molecule has 1 N–H and O–H groups in total.